The first kappa shape index (κ1) is 15.8. The Kier molecular flexibility index (Phi) is 4.14. The second kappa shape index (κ2) is 6.29. The molecule has 1 saturated carbocycles. The summed E-state index contributed by atoms with van der Waals surface area (Å²) < 4.78 is 1.96. The monoisotopic (exact) mass is 345 g/mol. The van der Waals surface area contributed by atoms with Gasteiger partial charge in [0.05, 0.1) is 11.2 Å². The minimum absolute atomic E-state index is 0.0234. The van der Waals surface area contributed by atoms with E-state index < -0.39 is 0 Å². The third-order valence-corrected chi connectivity index (χ3v) is 6.17. The van der Waals surface area contributed by atoms with Crippen molar-refractivity contribution in [1.29, 1.82) is 0 Å². The van der Waals surface area contributed by atoms with Gasteiger partial charge in [-0.25, -0.2) is 4.98 Å². The molecule has 1 aliphatic heterocycles. The molecule has 0 atom stereocenters. The molecule has 2 fully saturated rings. The molecule has 2 aliphatic rings. The Labute approximate surface area is 145 Å². The molecular weight excluding hydrogens is 322 g/mol. The summed E-state index contributed by atoms with van der Waals surface area (Å²) in [4.78, 5) is 18.7. The van der Waals surface area contributed by atoms with Crippen LogP contribution in [0.2, 0.25) is 0 Å². The molecule has 2 aromatic heterocycles. The van der Waals surface area contributed by atoms with Gasteiger partial charge in [-0.05, 0) is 50.3 Å². The number of nitrogens with one attached hydrogen (secondary N) is 1. The first-order valence-corrected chi connectivity index (χ1v) is 9.46. The summed E-state index contributed by atoms with van der Waals surface area (Å²) in [5.41, 5.74) is 3.97. The van der Waals surface area contributed by atoms with E-state index in [2.05, 4.69) is 26.4 Å². The molecule has 0 unspecified atom stereocenters. The molecular formula is C17H23N5OS. The average molecular weight is 345 g/mol. The van der Waals surface area contributed by atoms with Gasteiger partial charge in [0.2, 0.25) is 0 Å². The lowest BCUT2D eigenvalue weighted by Crippen LogP contribution is -2.54. The smallest absolute Gasteiger partial charge is 0.270 e. The van der Waals surface area contributed by atoms with E-state index in [4.69, 9.17) is 0 Å². The molecule has 1 N–H and O–H groups in total. The maximum Gasteiger partial charge on any atom is 0.270 e. The number of aromatic nitrogens is 3. The summed E-state index contributed by atoms with van der Waals surface area (Å²) >= 11 is 1.46. The highest BCUT2D eigenvalue weighted by Crippen LogP contribution is 2.49. The van der Waals surface area contributed by atoms with Crippen molar-refractivity contribution >= 4 is 17.2 Å². The normalized spacial score (nSPS) is 20.9. The van der Waals surface area contributed by atoms with Gasteiger partial charge in [0.25, 0.3) is 5.91 Å². The van der Waals surface area contributed by atoms with E-state index in [0.29, 0.717) is 17.2 Å². The lowest BCUT2D eigenvalue weighted by atomic mass is 9.60. The van der Waals surface area contributed by atoms with Crippen LogP contribution in [0.4, 0.5) is 0 Å². The van der Waals surface area contributed by atoms with Crippen LogP contribution in [0.5, 0.6) is 0 Å². The van der Waals surface area contributed by atoms with Gasteiger partial charge in [0.15, 0.2) is 0 Å². The molecule has 0 bridgehead atoms. The zero-order chi connectivity index (χ0) is 16.6. The number of carbonyl (C=O) groups excluding carboxylic acids is 1. The van der Waals surface area contributed by atoms with Crippen LogP contribution in [0.1, 0.15) is 41.9 Å². The SMILES string of the molecule is Cn1nccc1CN1CCC2(CC1)CC(NC(=O)c1cscn1)C2. The molecule has 2 aromatic rings. The van der Waals surface area contributed by atoms with Gasteiger partial charge in [0, 0.05) is 31.2 Å². The van der Waals surface area contributed by atoms with E-state index in [-0.39, 0.29) is 5.91 Å². The Morgan fingerprint density at radius 3 is 2.83 bits per heavy atom. The number of likely N-dealkylation sites (tertiary alicyclic amines) is 1. The number of hydrogen-bond donors (Lipinski definition) is 1. The van der Waals surface area contributed by atoms with Crippen molar-refractivity contribution in [2.45, 2.75) is 38.3 Å². The summed E-state index contributed by atoms with van der Waals surface area (Å²) in [5, 5.41) is 9.17. The van der Waals surface area contributed by atoms with Gasteiger partial charge in [-0.1, -0.05) is 0 Å². The molecule has 7 heteroatoms. The number of aryl methyl sites for hydroxylation is 1. The molecule has 0 radical (unpaired) electrons. The minimum atomic E-state index is -0.0234. The largest absolute Gasteiger partial charge is 0.348 e. The van der Waals surface area contributed by atoms with Crippen molar-refractivity contribution in [1.82, 2.24) is 25.0 Å². The van der Waals surface area contributed by atoms with Crippen LogP contribution < -0.4 is 5.32 Å². The van der Waals surface area contributed by atoms with E-state index in [1.54, 1.807) is 10.9 Å². The Morgan fingerprint density at radius 2 is 2.21 bits per heavy atom. The van der Waals surface area contributed by atoms with Gasteiger partial charge in [-0.3, -0.25) is 14.4 Å². The Balaban J connectivity index is 1.24. The first-order chi connectivity index (χ1) is 11.6. The van der Waals surface area contributed by atoms with E-state index >= 15 is 0 Å². The van der Waals surface area contributed by atoms with E-state index in [0.717, 1.165) is 32.5 Å². The molecule has 4 rings (SSSR count). The van der Waals surface area contributed by atoms with Gasteiger partial charge >= 0.3 is 0 Å². The van der Waals surface area contributed by atoms with Crippen LogP contribution in [0.15, 0.2) is 23.2 Å². The van der Waals surface area contributed by atoms with Crippen LogP contribution in [0.3, 0.4) is 0 Å². The first-order valence-electron chi connectivity index (χ1n) is 8.52. The predicted octanol–water partition coefficient (Wildman–Crippen LogP) is 2.05. The second-order valence-corrected chi connectivity index (χ2v) is 7.89. The molecule has 1 saturated heterocycles. The van der Waals surface area contributed by atoms with Crippen molar-refractivity contribution in [3.8, 4) is 0 Å². The topological polar surface area (TPSA) is 63.1 Å². The van der Waals surface area contributed by atoms with E-state index in [1.165, 1.54) is 29.9 Å². The van der Waals surface area contributed by atoms with E-state index in [9.17, 15) is 4.79 Å². The van der Waals surface area contributed by atoms with Gasteiger partial charge in [-0.2, -0.15) is 5.10 Å². The summed E-state index contributed by atoms with van der Waals surface area (Å²) in [6, 6.07) is 2.42. The third-order valence-electron chi connectivity index (χ3n) is 5.58. The zero-order valence-corrected chi connectivity index (χ0v) is 14.8. The van der Waals surface area contributed by atoms with Crippen molar-refractivity contribution < 1.29 is 4.79 Å². The van der Waals surface area contributed by atoms with Gasteiger partial charge < -0.3 is 5.32 Å². The fourth-order valence-electron chi connectivity index (χ4n) is 4.05. The summed E-state index contributed by atoms with van der Waals surface area (Å²) in [6.45, 7) is 3.26. The summed E-state index contributed by atoms with van der Waals surface area (Å²) in [6.07, 6.45) is 6.55. The average Bonchev–Trinajstić information content (AvgIpc) is 3.20. The molecule has 1 aliphatic carbocycles. The molecule has 1 spiro atoms. The van der Waals surface area contributed by atoms with Crippen LogP contribution in [0, 0.1) is 5.41 Å². The number of piperidine rings is 1. The fraction of sp³-hybridized carbons (Fsp3) is 0.588. The number of nitrogens with zero attached hydrogens (tertiary/aromatic N) is 4. The van der Waals surface area contributed by atoms with Crippen molar-refractivity contribution in [3.63, 3.8) is 0 Å². The lowest BCUT2D eigenvalue weighted by molar-refractivity contribution is 0.00405. The lowest BCUT2D eigenvalue weighted by Gasteiger charge is -2.52. The van der Waals surface area contributed by atoms with Crippen LogP contribution in [-0.4, -0.2) is 44.7 Å². The summed E-state index contributed by atoms with van der Waals surface area (Å²) in [5.74, 6) is -0.0234. The van der Waals surface area contributed by atoms with E-state index in [1.807, 2.05) is 17.9 Å². The maximum absolute atomic E-state index is 12.1. The molecule has 24 heavy (non-hydrogen) atoms. The molecule has 3 heterocycles. The Hall–Kier alpha value is -1.73. The fourth-order valence-corrected chi connectivity index (χ4v) is 4.58. The van der Waals surface area contributed by atoms with Crippen LogP contribution in [-0.2, 0) is 13.6 Å². The summed E-state index contributed by atoms with van der Waals surface area (Å²) in [7, 11) is 2.00. The second-order valence-electron chi connectivity index (χ2n) is 7.17. The predicted molar refractivity (Wildman–Crippen MR) is 92.8 cm³/mol. The van der Waals surface area contributed by atoms with Crippen molar-refractivity contribution in [2.75, 3.05) is 13.1 Å². The number of rotatable bonds is 4. The number of hydrogen-bond acceptors (Lipinski definition) is 5. The van der Waals surface area contributed by atoms with Crippen LogP contribution >= 0.6 is 11.3 Å². The molecule has 6 nitrogen and oxygen atoms in total. The van der Waals surface area contributed by atoms with Crippen LogP contribution in [0.25, 0.3) is 0 Å². The van der Waals surface area contributed by atoms with Gasteiger partial charge in [0.1, 0.15) is 5.69 Å². The standard InChI is InChI=1S/C17H23N5OS/c1-21-14(2-5-19-21)10-22-6-3-17(4-7-22)8-13(9-17)20-16(23)15-11-24-12-18-15/h2,5,11-13H,3-4,6-10H2,1H3,(H,20,23). The van der Waals surface area contributed by atoms with Gasteiger partial charge in [-0.15, -0.1) is 11.3 Å². The molecule has 0 aromatic carbocycles. The highest BCUT2D eigenvalue weighted by Gasteiger charge is 2.46. The number of amides is 1. The van der Waals surface area contributed by atoms with Crippen molar-refractivity contribution in [2.24, 2.45) is 12.5 Å². The molecule has 1 amide bonds. The Morgan fingerprint density at radius 1 is 1.42 bits per heavy atom. The highest BCUT2D eigenvalue weighted by atomic mass is 32.1. The maximum atomic E-state index is 12.1. The zero-order valence-electron chi connectivity index (χ0n) is 13.9. The highest BCUT2D eigenvalue weighted by molar-refractivity contribution is 7.07. The number of thiazole rings is 1. The third kappa shape index (κ3) is 3.10. The van der Waals surface area contributed by atoms with Crippen molar-refractivity contribution in [3.05, 3.63) is 34.5 Å². The quantitative estimate of drug-likeness (QED) is 0.921. The molecule has 128 valence electrons. The minimum Gasteiger partial charge on any atom is -0.348 e. The Bertz CT molecular complexity index is 694. The number of carbonyl (C=O) groups is 1.